The Kier molecular flexibility index (Phi) is 3.84. The highest BCUT2D eigenvalue weighted by molar-refractivity contribution is 5.30. The number of rotatable bonds is 4. The van der Waals surface area contributed by atoms with E-state index in [1.807, 2.05) is 0 Å². The van der Waals surface area contributed by atoms with Crippen molar-refractivity contribution in [2.75, 3.05) is 0 Å². The van der Waals surface area contributed by atoms with Crippen LogP contribution in [0.4, 0.5) is 13.2 Å². The summed E-state index contributed by atoms with van der Waals surface area (Å²) < 4.78 is 39.8. The normalized spacial score (nSPS) is 13.5. The number of hydrogen-bond acceptors (Lipinski definition) is 3. The minimum Gasteiger partial charge on any atom is -0.391 e. The Hall–Kier alpha value is -1.89. The van der Waals surface area contributed by atoms with Gasteiger partial charge in [-0.15, -0.1) is 10.2 Å². The van der Waals surface area contributed by atoms with E-state index in [1.54, 1.807) is 0 Å². The highest BCUT2D eigenvalue weighted by atomic mass is 19.4. The molecule has 0 spiro atoms. The molecule has 2 rings (SSSR count). The van der Waals surface area contributed by atoms with E-state index >= 15 is 0 Å². The van der Waals surface area contributed by atoms with Gasteiger partial charge >= 0.3 is 6.18 Å². The van der Waals surface area contributed by atoms with Crippen molar-refractivity contribution in [3.05, 3.63) is 48.0 Å². The predicted molar refractivity (Wildman–Crippen MR) is 61.2 cm³/mol. The number of nitrogens with zero attached hydrogens (tertiary/aromatic N) is 3. The van der Waals surface area contributed by atoms with Crippen LogP contribution >= 0.6 is 0 Å². The minimum absolute atomic E-state index is 0.0755. The lowest BCUT2D eigenvalue weighted by Crippen LogP contribution is -2.20. The smallest absolute Gasteiger partial charge is 0.391 e. The van der Waals surface area contributed by atoms with Gasteiger partial charge < -0.3 is 9.67 Å². The Bertz CT molecular complexity index is 525. The number of aromatic nitrogens is 3. The van der Waals surface area contributed by atoms with Gasteiger partial charge in [-0.25, -0.2) is 0 Å². The molecule has 19 heavy (non-hydrogen) atoms. The van der Waals surface area contributed by atoms with Gasteiger partial charge in [0.2, 0.25) is 0 Å². The van der Waals surface area contributed by atoms with Crippen LogP contribution in [0, 0.1) is 0 Å². The SMILES string of the molecule is O[C@H](Cc1ccccc1C(F)(F)F)Cn1cnnc1. The van der Waals surface area contributed by atoms with E-state index in [-0.39, 0.29) is 18.5 Å². The lowest BCUT2D eigenvalue weighted by molar-refractivity contribution is -0.138. The van der Waals surface area contributed by atoms with Gasteiger partial charge in [-0.05, 0) is 11.6 Å². The third-order valence-electron chi connectivity index (χ3n) is 2.67. The van der Waals surface area contributed by atoms with Gasteiger partial charge in [-0.2, -0.15) is 13.2 Å². The Morgan fingerprint density at radius 2 is 1.79 bits per heavy atom. The molecular weight excluding hydrogens is 259 g/mol. The van der Waals surface area contributed by atoms with E-state index in [2.05, 4.69) is 10.2 Å². The number of aliphatic hydroxyl groups excluding tert-OH is 1. The molecule has 0 bridgehead atoms. The van der Waals surface area contributed by atoms with Crippen molar-refractivity contribution in [3.8, 4) is 0 Å². The van der Waals surface area contributed by atoms with Gasteiger partial charge in [0.05, 0.1) is 18.2 Å². The third kappa shape index (κ3) is 3.54. The van der Waals surface area contributed by atoms with Crippen LogP contribution < -0.4 is 0 Å². The second kappa shape index (κ2) is 5.40. The van der Waals surface area contributed by atoms with E-state index in [9.17, 15) is 18.3 Å². The van der Waals surface area contributed by atoms with Crippen LogP contribution in [0.15, 0.2) is 36.9 Å². The maximum absolute atomic E-state index is 12.8. The summed E-state index contributed by atoms with van der Waals surface area (Å²) in [7, 11) is 0. The molecule has 7 heteroatoms. The van der Waals surface area contributed by atoms with Crippen molar-refractivity contribution in [1.29, 1.82) is 0 Å². The fourth-order valence-electron chi connectivity index (χ4n) is 1.85. The molecule has 0 aliphatic heterocycles. The molecule has 0 amide bonds. The molecule has 0 saturated heterocycles. The molecule has 1 aromatic heterocycles. The summed E-state index contributed by atoms with van der Waals surface area (Å²) in [6.07, 6.45) is -2.61. The summed E-state index contributed by atoms with van der Waals surface area (Å²) in [6.45, 7) is 0.152. The number of halogens is 3. The Balaban J connectivity index is 2.10. The second-order valence-corrected chi connectivity index (χ2v) is 4.17. The molecule has 1 N–H and O–H groups in total. The lowest BCUT2D eigenvalue weighted by atomic mass is 10.0. The topological polar surface area (TPSA) is 50.9 Å². The largest absolute Gasteiger partial charge is 0.416 e. The zero-order chi connectivity index (χ0) is 13.9. The lowest BCUT2D eigenvalue weighted by Gasteiger charge is -2.15. The predicted octanol–water partition coefficient (Wildman–Crippen LogP) is 1.90. The molecule has 0 saturated carbocycles. The Labute approximate surface area is 107 Å². The fourth-order valence-corrected chi connectivity index (χ4v) is 1.85. The van der Waals surface area contributed by atoms with Crippen molar-refractivity contribution < 1.29 is 18.3 Å². The maximum atomic E-state index is 12.8. The standard InChI is InChI=1S/C12H12F3N3O/c13-12(14,15)11-4-2-1-3-9(11)5-10(19)6-18-7-16-17-8-18/h1-4,7-8,10,19H,5-6H2/t10-/m1/s1. The van der Waals surface area contributed by atoms with Gasteiger partial charge in [-0.1, -0.05) is 18.2 Å². The summed E-state index contributed by atoms with van der Waals surface area (Å²) in [5.74, 6) is 0. The van der Waals surface area contributed by atoms with Gasteiger partial charge in [-0.3, -0.25) is 0 Å². The van der Waals surface area contributed by atoms with Gasteiger partial charge in [0.25, 0.3) is 0 Å². The van der Waals surface area contributed by atoms with Crippen LogP contribution in [-0.2, 0) is 19.1 Å². The monoisotopic (exact) mass is 271 g/mol. The molecule has 2 aromatic rings. The molecule has 0 fully saturated rings. The van der Waals surface area contributed by atoms with Crippen molar-refractivity contribution in [3.63, 3.8) is 0 Å². The molecule has 0 aliphatic carbocycles. The average Bonchev–Trinajstić information content (AvgIpc) is 2.81. The maximum Gasteiger partial charge on any atom is 0.416 e. The van der Waals surface area contributed by atoms with Crippen molar-refractivity contribution >= 4 is 0 Å². The van der Waals surface area contributed by atoms with E-state index in [4.69, 9.17) is 0 Å². The van der Waals surface area contributed by atoms with Crippen molar-refractivity contribution in [1.82, 2.24) is 14.8 Å². The van der Waals surface area contributed by atoms with Crippen LogP contribution in [-0.4, -0.2) is 26.0 Å². The number of alkyl halides is 3. The quantitative estimate of drug-likeness (QED) is 0.924. The van der Waals surface area contributed by atoms with Crippen LogP contribution in [0.5, 0.6) is 0 Å². The summed E-state index contributed by atoms with van der Waals surface area (Å²) in [6, 6.07) is 5.24. The molecular formula is C12H12F3N3O. The molecule has 1 aromatic carbocycles. The average molecular weight is 271 g/mol. The summed E-state index contributed by atoms with van der Waals surface area (Å²) in [4.78, 5) is 0. The van der Waals surface area contributed by atoms with E-state index in [0.717, 1.165) is 6.07 Å². The van der Waals surface area contributed by atoms with Gasteiger partial charge in [0.15, 0.2) is 0 Å². The summed E-state index contributed by atoms with van der Waals surface area (Å²) in [5.41, 5.74) is -0.631. The minimum atomic E-state index is -4.41. The fraction of sp³-hybridized carbons (Fsp3) is 0.333. The zero-order valence-electron chi connectivity index (χ0n) is 9.88. The highest BCUT2D eigenvalue weighted by Crippen LogP contribution is 2.32. The summed E-state index contributed by atoms with van der Waals surface area (Å²) >= 11 is 0. The molecule has 102 valence electrons. The molecule has 1 atom stereocenters. The molecule has 0 aliphatic rings. The van der Waals surface area contributed by atoms with E-state index < -0.39 is 17.8 Å². The molecule has 4 nitrogen and oxygen atoms in total. The van der Waals surface area contributed by atoms with Gasteiger partial charge in [0.1, 0.15) is 12.7 Å². The Morgan fingerprint density at radius 3 is 2.42 bits per heavy atom. The first-order chi connectivity index (χ1) is 8.97. The first-order valence-corrected chi connectivity index (χ1v) is 5.62. The zero-order valence-corrected chi connectivity index (χ0v) is 9.88. The third-order valence-corrected chi connectivity index (χ3v) is 2.67. The van der Waals surface area contributed by atoms with E-state index in [1.165, 1.54) is 35.4 Å². The van der Waals surface area contributed by atoms with Crippen molar-refractivity contribution in [2.45, 2.75) is 25.2 Å². The highest BCUT2D eigenvalue weighted by Gasteiger charge is 2.33. The van der Waals surface area contributed by atoms with Gasteiger partial charge in [0, 0.05) is 6.42 Å². The number of benzene rings is 1. The van der Waals surface area contributed by atoms with Crippen molar-refractivity contribution in [2.24, 2.45) is 0 Å². The second-order valence-electron chi connectivity index (χ2n) is 4.17. The number of hydrogen-bond donors (Lipinski definition) is 1. The number of aliphatic hydroxyl groups is 1. The van der Waals surface area contributed by atoms with Crippen LogP contribution in [0.3, 0.4) is 0 Å². The first-order valence-electron chi connectivity index (χ1n) is 5.62. The van der Waals surface area contributed by atoms with Crippen LogP contribution in [0.25, 0.3) is 0 Å². The molecule has 1 heterocycles. The Morgan fingerprint density at radius 1 is 1.16 bits per heavy atom. The van der Waals surface area contributed by atoms with Crippen LogP contribution in [0.1, 0.15) is 11.1 Å². The molecule has 0 radical (unpaired) electrons. The van der Waals surface area contributed by atoms with Crippen LogP contribution in [0.2, 0.25) is 0 Å². The summed E-state index contributed by atoms with van der Waals surface area (Å²) in [5, 5.41) is 16.9. The van der Waals surface area contributed by atoms with E-state index in [0.29, 0.717) is 0 Å². The molecule has 0 unspecified atom stereocenters. The first kappa shape index (κ1) is 13.5.